The third-order valence-corrected chi connectivity index (χ3v) is 8.43. The fourth-order valence-electron chi connectivity index (χ4n) is 4.48. The summed E-state index contributed by atoms with van der Waals surface area (Å²) in [5.41, 5.74) is 7.83. The number of nitrogens with one attached hydrogen (secondary N) is 1. The van der Waals surface area contributed by atoms with Crippen LogP contribution in [0.25, 0.3) is 15.9 Å². The Kier molecular flexibility index (Phi) is 7.29. The highest BCUT2D eigenvalue weighted by Crippen LogP contribution is 2.35. The number of methoxy groups -OCH3 is 1. The fourth-order valence-corrected chi connectivity index (χ4v) is 6.60. The van der Waals surface area contributed by atoms with Crippen molar-refractivity contribution in [2.24, 2.45) is 5.73 Å². The Balaban J connectivity index is 1.49. The van der Waals surface area contributed by atoms with Gasteiger partial charge in [0.1, 0.15) is 10.6 Å². The number of fused-ring (bicyclic) bond motifs is 3. The van der Waals surface area contributed by atoms with Crippen LogP contribution in [0, 0.1) is 0 Å². The van der Waals surface area contributed by atoms with E-state index in [1.54, 1.807) is 53.3 Å². The van der Waals surface area contributed by atoms with Crippen LogP contribution < -0.4 is 21.3 Å². The molecule has 2 aromatic heterocycles. The first kappa shape index (κ1) is 25.0. The van der Waals surface area contributed by atoms with Crippen molar-refractivity contribution >= 4 is 50.8 Å². The predicted octanol–water partition coefficient (Wildman–Crippen LogP) is 4.55. The van der Waals surface area contributed by atoms with Crippen LogP contribution in [0.5, 0.6) is 5.75 Å². The van der Waals surface area contributed by atoms with E-state index in [0.29, 0.717) is 33.2 Å². The number of nitrogens with zero attached hydrogens (tertiary/aromatic N) is 2. The van der Waals surface area contributed by atoms with Crippen molar-refractivity contribution in [3.05, 3.63) is 74.9 Å². The minimum atomic E-state index is -0.531. The topological polar surface area (TPSA) is 116 Å². The molecule has 0 bridgehead atoms. The molecule has 8 nitrogen and oxygen atoms in total. The van der Waals surface area contributed by atoms with Gasteiger partial charge in [0, 0.05) is 22.2 Å². The lowest BCUT2D eigenvalue weighted by Gasteiger charge is -2.13. The Morgan fingerprint density at radius 2 is 1.92 bits per heavy atom. The molecule has 10 heteroatoms. The van der Waals surface area contributed by atoms with E-state index in [9.17, 15) is 14.4 Å². The maximum absolute atomic E-state index is 14.0. The van der Waals surface area contributed by atoms with E-state index in [-0.39, 0.29) is 17.2 Å². The van der Waals surface area contributed by atoms with Crippen LogP contribution in [0.2, 0.25) is 0 Å². The molecule has 0 saturated carbocycles. The second-order valence-electron chi connectivity index (χ2n) is 8.76. The van der Waals surface area contributed by atoms with Crippen LogP contribution in [0.1, 0.15) is 40.1 Å². The first-order valence-corrected chi connectivity index (χ1v) is 13.8. The molecule has 2 amide bonds. The van der Waals surface area contributed by atoms with E-state index < -0.39 is 5.91 Å². The number of carbonyl (C=O) groups is 2. The van der Waals surface area contributed by atoms with Crippen molar-refractivity contribution in [2.75, 3.05) is 18.2 Å². The van der Waals surface area contributed by atoms with E-state index in [2.05, 4.69) is 5.32 Å². The van der Waals surface area contributed by atoms with Crippen molar-refractivity contribution < 1.29 is 14.3 Å². The Hall–Kier alpha value is -3.63. The molecule has 190 valence electrons. The Morgan fingerprint density at radius 1 is 1.14 bits per heavy atom. The molecule has 2 heterocycles. The normalized spacial score (nSPS) is 13.1. The summed E-state index contributed by atoms with van der Waals surface area (Å²) in [7, 11) is 1.58. The second-order valence-corrected chi connectivity index (χ2v) is 10.8. The monoisotopic (exact) mass is 534 g/mol. The van der Waals surface area contributed by atoms with Gasteiger partial charge in [0.2, 0.25) is 11.8 Å². The summed E-state index contributed by atoms with van der Waals surface area (Å²) in [6.07, 6.45) is 5.19. The minimum absolute atomic E-state index is 0.0462. The molecular weight excluding hydrogens is 508 g/mol. The summed E-state index contributed by atoms with van der Waals surface area (Å²) in [6.45, 7) is 0. The Morgan fingerprint density at radius 3 is 2.68 bits per heavy atom. The molecule has 1 aliphatic carbocycles. The lowest BCUT2D eigenvalue weighted by atomic mass is 10.1. The van der Waals surface area contributed by atoms with E-state index in [1.807, 2.05) is 18.2 Å². The van der Waals surface area contributed by atoms with Gasteiger partial charge in [0.15, 0.2) is 5.16 Å². The van der Waals surface area contributed by atoms with Gasteiger partial charge < -0.3 is 15.8 Å². The number of hydrogen-bond acceptors (Lipinski definition) is 7. The van der Waals surface area contributed by atoms with Gasteiger partial charge in [0.25, 0.3) is 5.56 Å². The number of anilines is 1. The molecule has 4 aromatic rings. The number of amides is 2. The largest absolute Gasteiger partial charge is 0.497 e. The van der Waals surface area contributed by atoms with Crippen LogP contribution in [-0.4, -0.2) is 34.2 Å². The standard InChI is InChI=1S/C27H26N4O4S2/c1-35-19-7-5-6-18(14-19)31-26(34)23-20-8-3-2-4-9-21(20)37-25(23)30-27(31)36-15-22(32)29-17-12-10-16(11-13-17)24(28)33/h5-7,10-14H,2-4,8-9,15H2,1H3,(H2,28,33)(H,29,32). The van der Waals surface area contributed by atoms with Crippen LogP contribution in [0.3, 0.4) is 0 Å². The summed E-state index contributed by atoms with van der Waals surface area (Å²) < 4.78 is 6.98. The number of ether oxygens (including phenoxy) is 1. The first-order chi connectivity index (χ1) is 17.9. The molecule has 0 atom stereocenters. The zero-order chi connectivity index (χ0) is 25.9. The molecule has 3 N–H and O–H groups in total. The van der Waals surface area contributed by atoms with E-state index in [0.717, 1.165) is 42.5 Å². The number of hydrogen-bond donors (Lipinski definition) is 2. The Bertz CT molecular complexity index is 1540. The van der Waals surface area contributed by atoms with E-state index in [1.165, 1.54) is 16.6 Å². The molecule has 0 unspecified atom stereocenters. The zero-order valence-electron chi connectivity index (χ0n) is 20.3. The first-order valence-electron chi connectivity index (χ1n) is 12.0. The van der Waals surface area contributed by atoms with E-state index in [4.69, 9.17) is 15.5 Å². The molecular formula is C27H26N4O4S2. The van der Waals surface area contributed by atoms with Crippen molar-refractivity contribution in [1.82, 2.24) is 9.55 Å². The molecule has 0 aliphatic heterocycles. The van der Waals surface area contributed by atoms with Crippen molar-refractivity contribution in [3.63, 3.8) is 0 Å². The highest BCUT2D eigenvalue weighted by Gasteiger charge is 2.23. The summed E-state index contributed by atoms with van der Waals surface area (Å²) >= 11 is 2.79. The predicted molar refractivity (Wildman–Crippen MR) is 147 cm³/mol. The number of nitrogens with two attached hydrogens (primary N) is 1. The quantitative estimate of drug-likeness (QED) is 0.204. The van der Waals surface area contributed by atoms with Gasteiger partial charge in [-0.2, -0.15) is 0 Å². The maximum atomic E-state index is 14.0. The number of benzene rings is 2. The molecule has 0 fully saturated rings. The fraction of sp³-hybridized carbons (Fsp3) is 0.259. The van der Waals surface area contributed by atoms with Gasteiger partial charge in [-0.05, 0) is 67.6 Å². The maximum Gasteiger partial charge on any atom is 0.267 e. The van der Waals surface area contributed by atoms with Crippen LogP contribution in [0.15, 0.2) is 58.5 Å². The van der Waals surface area contributed by atoms with E-state index >= 15 is 0 Å². The van der Waals surface area contributed by atoms with Crippen molar-refractivity contribution in [1.29, 1.82) is 0 Å². The minimum Gasteiger partial charge on any atom is -0.497 e. The number of aromatic nitrogens is 2. The molecule has 0 saturated heterocycles. The van der Waals surface area contributed by atoms with Gasteiger partial charge in [-0.15, -0.1) is 11.3 Å². The number of carbonyl (C=O) groups excluding carboxylic acids is 2. The average molecular weight is 535 g/mol. The lowest BCUT2D eigenvalue weighted by Crippen LogP contribution is -2.23. The van der Waals surface area contributed by atoms with Gasteiger partial charge in [0.05, 0.1) is 23.9 Å². The zero-order valence-corrected chi connectivity index (χ0v) is 21.9. The summed E-state index contributed by atoms with van der Waals surface area (Å²) in [4.78, 5) is 44.8. The third kappa shape index (κ3) is 5.26. The van der Waals surface area contributed by atoms with Gasteiger partial charge in [-0.3, -0.25) is 19.0 Å². The van der Waals surface area contributed by atoms with Crippen molar-refractivity contribution in [2.45, 2.75) is 37.3 Å². The second kappa shape index (κ2) is 10.8. The number of aryl methyl sites for hydroxylation is 2. The van der Waals surface area contributed by atoms with Crippen molar-refractivity contribution in [3.8, 4) is 11.4 Å². The summed E-state index contributed by atoms with van der Waals surface area (Å²) in [5, 5.41) is 3.94. The molecule has 0 spiro atoms. The molecule has 2 aromatic carbocycles. The summed E-state index contributed by atoms with van der Waals surface area (Å²) in [6, 6.07) is 13.6. The summed E-state index contributed by atoms with van der Waals surface area (Å²) in [5.74, 6) is -0.117. The molecule has 37 heavy (non-hydrogen) atoms. The Labute approximate surface area is 221 Å². The highest BCUT2D eigenvalue weighted by molar-refractivity contribution is 7.99. The molecule has 1 aliphatic rings. The van der Waals surface area contributed by atoms with Crippen LogP contribution in [-0.2, 0) is 17.6 Å². The highest BCUT2D eigenvalue weighted by atomic mass is 32.2. The molecule has 5 rings (SSSR count). The van der Waals surface area contributed by atoms with Crippen LogP contribution in [0.4, 0.5) is 5.69 Å². The number of rotatable bonds is 7. The average Bonchev–Trinajstić information content (AvgIpc) is 3.09. The van der Waals surface area contributed by atoms with Gasteiger partial charge in [-0.25, -0.2) is 4.98 Å². The van der Waals surface area contributed by atoms with Gasteiger partial charge in [-0.1, -0.05) is 24.2 Å². The molecule has 0 radical (unpaired) electrons. The van der Waals surface area contributed by atoms with Crippen LogP contribution >= 0.6 is 23.1 Å². The van der Waals surface area contributed by atoms with Gasteiger partial charge >= 0.3 is 0 Å². The smallest absolute Gasteiger partial charge is 0.267 e. The lowest BCUT2D eigenvalue weighted by molar-refractivity contribution is -0.113. The number of thioether (sulfide) groups is 1. The SMILES string of the molecule is COc1cccc(-n2c(SCC(=O)Nc3ccc(C(N)=O)cc3)nc3sc4c(c3c2=O)CCCCC4)c1. The third-order valence-electron chi connectivity index (χ3n) is 6.31. The number of primary amides is 1. The number of thiophene rings is 1.